The molecular formula is C22H20N4O3. The van der Waals surface area contributed by atoms with Gasteiger partial charge in [-0.05, 0) is 24.1 Å². The number of pyridine rings is 2. The van der Waals surface area contributed by atoms with Gasteiger partial charge in [0.25, 0.3) is 0 Å². The van der Waals surface area contributed by atoms with E-state index in [1.165, 1.54) is 6.20 Å². The summed E-state index contributed by atoms with van der Waals surface area (Å²) in [6.45, 7) is 2.52. The quantitative estimate of drug-likeness (QED) is 0.399. The molecule has 0 aliphatic heterocycles. The Morgan fingerprint density at radius 1 is 1.03 bits per heavy atom. The molecule has 0 unspecified atom stereocenters. The topological polar surface area (TPSA) is 90.0 Å². The van der Waals surface area contributed by atoms with Crippen molar-refractivity contribution in [3.8, 4) is 22.3 Å². The highest BCUT2D eigenvalue weighted by molar-refractivity contribution is 5.99. The lowest BCUT2D eigenvalue weighted by Gasteiger charge is -2.09. The fraction of sp³-hybridized carbons (Fsp3) is 0.182. The molecule has 1 N–H and O–H groups in total. The van der Waals surface area contributed by atoms with Gasteiger partial charge in [0, 0.05) is 42.2 Å². The Labute approximate surface area is 167 Å². The lowest BCUT2D eigenvalue weighted by Crippen LogP contribution is -2.10. The van der Waals surface area contributed by atoms with E-state index in [-0.39, 0.29) is 6.61 Å². The second-order valence-electron chi connectivity index (χ2n) is 6.57. The lowest BCUT2D eigenvalue weighted by molar-refractivity contribution is 0.0388. The average Bonchev–Trinajstić information content (AvgIpc) is 3.19. The normalized spacial score (nSPS) is 11.0. The second-order valence-corrected chi connectivity index (χ2v) is 6.57. The van der Waals surface area contributed by atoms with Crippen molar-refractivity contribution in [1.29, 1.82) is 0 Å². The summed E-state index contributed by atoms with van der Waals surface area (Å²) >= 11 is 0. The standard InChI is InChI=1S/C22H20N4O3/c1-14-19(12-25-26-14)15-3-5-16(6-4-15)20-11-23-13-21-18(20)9-17(10-24-21)22(27)29-8-7-28-2/h3-6,9-13H,7-8H2,1-2H3,(H,25,26). The Morgan fingerprint density at radius 3 is 2.48 bits per heavy atom. The number of aromatic nitrogens is 4. The number of nitrogens with zero attached hydrogens (tertiary/aromatic N) is 3. The minimum atomic E-state index is -0.426. The van der Waals surface area contributed by atoms with Crippen LogP contribution in [0.1, 0.15) is 16.1 Å². The third-order valence-electron chi connectivity index (χ3n) is 4.70. The third kappa shape index (κ3) is 3.86. The zero-order valence-corrected chi connectivity index (χ0v) is 16.2. The van der Waals surface area contributed by atoms with Gasteiger partial charge < -0.3 is 9.47 Å². The van der Waals surface area contributed by atoms with Gasteiger partial charge in [-0.25, -0.2) is 4.79 Å². The first-order valence-corrected chi connectivity index (χ1v) is 9.18. The van der Waals surface area contributed by atoms with Gasteiger partial charge in [-0.15, -0.1) is 0 Å². The summed E-state index contributed by atoms with van der Waals surface area (Å²) in [5.41, 5.74) is 6.09. The Morgan fingerprint density at radius 2 is 1.79 bits per heavy atom. The summed E-state index contributed by atoms with van der Waals surface area (Å²) in [5, 5.41) is 7.90. The van der Waals surface area contributed by atoms with E-state index in [0.29, 0.717) is 17.7 Å². The third-order valence-corrected chi connectivity index (χ3v) is 4.70. The summed E-state index contributed by atoms with van der Waals surface area (Å²) in [4.78, 5) is 21.0. The van der Waals surface area contributed by atoms with Gasteiger partial charge in [0.05, 0.1) is 29.6 Å². The van der Waals surface area contributed by atoms with Crippen molar-refractivity contribution in [3.63, 3.8) is 0 Å². The molecule has 4 rings (SSSR count). The number of hydrogen-bond acceptors (Lipinski definition) is 6. The number of rotatable bonds is 6. The predicted octanol–water partition coefficient (Wildman–Crippen LogP) is 3.80. The molecule has 7 heteroatoms. The van der Waals surface area contributed by atoms with E-state index in [2.05, 4.69) is 20.2 Å². The van der Waals surface area contributed by atoms with Crippen LogP contribution in [0.25, 0.3) is 33.2 Å². The van der Waals surface area contributed by atoms with Gasteiger partial charge in [0.2, 0.25) is 0 Å². The molecule has 1 aromatic carbocycles. The first-order chi connectivity index (χ1) is 14.2. The summed E-state index contributed by atoms with van der Waals surface area (Å²) in [7, 11) is 1.56. The van der Waals surface area contributed by atoms with Crippen molar-refractivity contribution in [2.24, 2.45) is 0 Å². The molecule has 3 aromatic heterocycles. The summed E-state index contributed by atoms with van der Waals surface area (Å²) in [6, 6.07) is 9.94. The molecule has 4 aromatic rings. The van der Waals surface area contributed by atoms with E-state index in [1.807, 2.05) is 37.4 Å². The van der Waals surface area contributed by atoms with Crippen LogP contribution in [-0.2, 0) is 9.47 Å². The first kappa shape index (κ1) is 18.8. The van der Waals surface area contributed by atoms with Crippen LogP contribution in [0.15, 0.2) is 55.1 Å². The van der Waals surface area contributed by atoms with E-state index in [4.69, 9.17) is 9.47 Å². The lowest BCUT2D eigenvalue weighted by atomic mass is 9.99. The zero-order valence-electron chi connectivity index (χ0n) is 16.2. The maximum atomic E-state index is 12.3. The van der Waals surface area contributed by atoms with Crippen molar-refractivity contribution in [1.82, 2.24) is 20.2 Å². The minimum absolute atomic E-state index is 0.200. The molecule has 3 heterocycles. The Kier molecular flexibility index (Phi) is 5.31. The second kappa shape index (κ2) is 8.20. The van der Waals surface area contributed by atoms with E-state index < -0.39 is 5.97 Å². The fourth-order valence-corrected chi connectivity index (χ4v) is 3.17. The van der Waals surface area contributed by atoms with E-state index in [1.54, 1.807) is 25.6 Å². The molecule has 0 saturated heterocycles. The number of H-pyrrole nitrogens is 1. The molecule has 0 bridgehead atoms. The van der Waals surface area contributed by atoms with E-state index in [9.17, 15) is 4.79 Å². The molecule has 0 amide bonds. The van der Waals surface area contributed by atoms with Crippen molar-refractivity contribution in [2.75, 3.05) is 20.3 Å². The maximum Gasteiger partial charge on any atom is 0.339 e. The predicted molar refractivity (Wildman–Crippen MR) is 109 cm³/mol. The highest BCUT2D eigenvalue weighted by Crippen LogP contribution is 2.30. The zero-order chi connectivity index (χ0) is 20.2. The minimum Gasteiger partial charge on any atom is -0.460 e. The number of carbonyl (C=O) groups excluding carboxylic acids is 1. The highest BCUT2D eigenvalue weighted by atomic mass is 16.6. The molecule has 0 aliphatic carbocycles. The van der Waals surface area contributed by atoms with Gasteiger partial charge >= 0.3 is 5.97 Å². The smallest absolute Gasteiger partial charge is 0.339 e. The van der Waals surface area contributed by atoms with Gasteiger partial charge in [-0.2, -0.15) is 5.10 Å². The van der Waals surface area contributed by atoms with Crippen molar-refractivity contribution in [2.45, 2.75) is 6.92 Å². The molecule has 29 heavy (non-hydrogen) atoms. The Bertz CT molecular complexity index is 1150. The van der Waals surface area contributed by atoms with Crippen LogP contribution in [0.5, 0.6) is 0 Å². The monoisotopic (exact) mass is 388 g/mol. The summed E-state index contributed by atoms with van der Waals surface area (Å²) in [6.07, 6.45) is 6.85. The highest BCUT2D eigenvalue weighted by Gasteiger charge is 2.12. The van der Waals surface area contributed by atoms with Gasteiger partial charge in [0.15, 0.2) is 0 Å². The summed E-state index contributed by atoms with van der Waals surface area (Å²) < 4.78 is 10.1. The summed E-state index contributed by atoms with van der Waals surface area (Å²) in [5.74, 6) is -0.426. The number of aryl methyl sites for hydroxylation is 1. The number of esters is 1. The van der Waals surface area contributed by atoms with E-state index in [0.717, 1.165) is 33.3 Å². The van der Waals surface area contributed by atoms with Crippen LogP contribution in [0.2, 0.25) is 0 Å². The van der Waals surface area contributed by atoms with Gasteiger partial charge in [-0.1, -0.05) is 24.3 Å². The number of ether oxygens (including phenoxy) is 2. The van der Waals surface area contributed by atoms with Gasteiger partial charge in [-0.3, -0.25) is 15.1 Å². The van der Waals surface area contributed by atoms with Crippen LogP contribution in [0.3, 0.4) is 0 Å². The van der Waals surface area contributed by atoms with Crippen LogP contribution < -0.4 is 0 Å². The first-order valence-electron chi connectivity index (χ1n) is 9.18. The Hall–Kier alpha value is -3.58. The molecule has 0 fully saturated rings. The van der Waals surface area contributed by atoms with Crippen LogP contribution in [0.4, 0.5) is 0 Å². The molecule has 0 atom stereocenters. The van der Waals surface area contributed by atoms with Crippen LogP contribution >= 0.6 is 0 Å². The molecular weight excluding hydrogens is 368 g/mol. The van der Waals surface area contributed by atoms with Gasteiger partial charge in [0.1, 0.15) is 6.61 Å². The number of benzene rings is 1. The number of aromatic amines is 1. The molecule has 146 valence electrons. The molecule has 0 saturated carbocycles. The number of hydrogen-bond donors (Lipinski definition) is 1. The number of methoxy groups -OCH3 is 1. The number of carbonyl (C=O) groups is 1. The SMILES string of the molecule is COCCOC(=O)c1cnc2cncc(-c3ccc(-c4c[nH]nc4C)cc3)c2c1. The molecule has 0 spiro atoms. The molecule has 0 aliphatic rings. The van der Waals surface area contributed by atoms with Crippen molar-refractivity contribution >= 4 is 16.9 Å². The molecule has 0 radical (unpaired) electrons. The average molecular weight is 388 g/mol. The van der Waals surface area contributed by atoms with Crippen molar-refractivity contribution < 1.29 is 14.3 Å². The maximum absolute atomic E-state index is 12.3. The number of nitrogens with one attached hydrogen (secondary N) is 1. The fourth-order valence-electron chi connectivity index (χ4n) is 3.17. The largest absolute Gasteiger partial charge is 0.460 e. The number of fused-ring (bicyclic) bond motifs is 1. The van der Waals surface area contributed by atoms with E-state index >= 15 is 0 Å². The van der Waals surface area contributed by atoms with Crippen molar-refractivity contribution in [3.05, 3.63) is 66.4 Å². The Balaban J connectivity index is 1.69. The van der Waals surface area contributed by atoms with Crippen LogP contribution in [-0.4, -0.2) is 46.5 Å². The van der Waals surface area contributed by atoms with Crippen LogP contribution in [0, 0.1) is 6.92 Å². The molecule has 7 nitrogen and oxygen atoms in total.